The van der Waals surface area contributed by atoms with Crippen LogP contribution in [0.4, 0.5) is 0 Å². The third kappa shape index (κ3) is 5.90. The van der Waals surface area contributed by atoms with Crippen LogP contribution in [0.25, 0.3) is 0 Å². The standard InChI is InChI=1S/C19H38N2/c1-4-12-20-15-19(10-8-17(3)9-11-19)16-21(13-5-2)14-18-6-7-18/h17-18,20H,4-16H2,1-3H3. The predicted octanol–water partition coefficient (Wildman–Crippen LogP) is 4.30. The molecular formula is C19H38N2. The summed E-state index contributed by atoms with van der Waals surface area (Å²) in [6, 6.07) is 0. The summed E-state index contributed by atoms with van der Waals surface area (Å²) in [5, 5.41) is 3.75. The quantitative estimate of drug-likeness (QED) is 0.604. The van der Waals surface area contributed by atoms with E-state index in [0.717, 1.165) is 11.8 Å². The van der Waals surface area contributed by atoms with E-state index in [0.29, 0.717) is 5.41 Å². The second-order valence-corrected chi connectivity index (χ2v) is 8.04. The van der Waals surface area contributed by atoms with Crippen LogP contribution >= 0.6 is 0 Å². The molecule has 2 fully saturated rings. The first-order valence-electron chi connectivity index (χ1n) is 9.60. The van der Waals surface area contributed by atoms with Gasteiger partial charge in [0, 0.05) is 19.6 Å². The first kappa shape index (κ1) is 17.3. The molecule has 0 aromatic heterocycles. The number of nitrogens with zero attached hydrogens (tertiary/aromatic N) is 1. The van der Waals surface area contributed by atoms with Gasteiger partial charge in [0.15, 0.2) is 0 Å². The summed E-state index contributed by atoms with van der Waals surface area (Å²) in [6.07, 6.45) is 11.3. The Bertz CT molecular complexity index is 277. The second kappa shape index (κ2) is 8.53. The fourth-order valence-electron chi connectivity index (χ4n) is 3.99. The van der Waals surface area contributed by atoms with Crippen molar-refractivity contribution in [1.82, 2.24) is 10.2 Å². The maximum absolute atomic E-state index is 3.75. The van der Waals surface area contributed by atoms with Crippen molar-refractivity contribution in [2.75, 3.05) is 32.7 Å². The van der Waals surface area contributed by atoms with Gasteiger partial charge in [-0.25, -0.2) is 0 Å². The van der Waals surface area contributed by atoms with Crippen LogP contribution in [-0.2, 0) is 0 Å². The van der Waals surface area contributed by atoms with Crippen molar-refractivity contribution in [3.8, 4) is 0 Å². The molecule has 0 atom stereocenters. The molecule has 21 heavy (non-hydrogen) atoms. The molecule has 2 nitrogen and oxygen atoms in total. The van der Waals surface area contributed by atoms with E-state index in [2.05, 4.69) is 31.0 Å². The zero-order valence-corrected chi connectivity index (χ0v) is 14.8. The van der Waals surface area contributed by atoms with E-state index in [1.807, 2.05) is 0 Å². The van der Waals surface area contributed by atoms with Gasteiger partial charge >= 0.3 is 0 Å². The molecule has 2 heteroatoms. The molecule has 2 aliphatic carbocycles. The Hall–Kier alpha value is -0.0800. The van der Waals surface area contributed by atoms with Crippen molar-refractivity contribution < 1.29 is 0 Å². The Morgan fingerprint density at radius 2 is 1.76 bits per heavy atom. The number of hydrogen-bond donors (Lipinski definition) is 1. The number of rotatable bonds is 10. The van der Waals surface area contributed by atoms with E-state index in [1.165, 1.54) is 84.1 Å². The van der Waals surface area contributed by atoms with Gasteiger partial charge in [-0.05, 0) is 68.9 Å². The van der Waals surface area contributed by atoms with Crippen LogP contribution in [0.1, 0.15) is 72.1 Å². The van der Waals surface area contributed by atoms with Crippen molar-refractivity contribution >= 4 is 0 Å². The van der Waals surface area contributed by atoms with E-state index < -0.39 is 0 Å². The topological polar surface area (TPSA) is 15.3 Å². The molecule has 0 aliphatic heterocycles. The Balaban J connectivity index is 1.91. The van der Waals surface area contributed by atoms with Gasteiger partial charge in [-0.3, -0.25) is 0 Å². The molecule has 2 aliphatic rings. The first-order valence-corrected chi connectivity index (χ1v) is 9.60. The van der Waals surface area contributed by atoms with Gasteiger partial charge < -0.3 is 10.2 Å². The highest BCUT2D eigenvalue weighted by Crippen LogP contribution is 2.40. The minimum Gasteiger partial charge on any atom is -0.316 e. The fourth-order valence-corrected chi connectivity index (χ4v) is 3.99. The monoisotopic (exact) mass is 294 g/mol. The molecule has 0 spiro atoms. The van der Waals surface area contributed by atoms with E-state index in [-0.39, 0.29) is 0 Å². The molecule has 0 aromatic carbocycles. The highest BCUT2D eigenvalue weighted by molar-refractivity contribution is 4.90. The third-order valence-corrected chi connectivity index (χ3v) is 5.57. The molecule has 2 rings (SSSR count). The molecule has 1 N–H and O–H groups in total. The SMILES string of the molecule is CCCNCC1(CN(CCC)CC2CC2)CCC(C)CC1. The van der Waals surface area contributed by atoms with E-state index in [9.17, 15) is 0 Å². The zero-order valence-electron chi connectivity index (χ0n) is 14.8. The largest absolute Gasteiger partial charge is 0.316 e. The smallest absolute Gasteiger partial charge is 0.00503 e. The summed E-state index contributed by atoms with van der Waals surface area (Å²) in [7, 11) is 0. The average molecular weight is 295 g/mol. The van der Waals surface area contributed by atoms with Gasteiger partial charge in [-0.1, -0.05) is 33.6 Å². The van der Waals surface area contributed by atoms with E-state index >= 15 is 0 Å². The molecule has 2 saturated carbocycles. The molecule has 0 heterocycles. The molecule has 0 aromatic rings. The van der Waals surface area contributed by atoms with Crippen LogP contribution in [-0.4, -0.2) is 37.6 Å². The van der Waals surface area contributed by atoms with Gasteiger partial charge in [0.1, 0.15) is 0 Å². The molecule has 0 radical (unpaired) electrons. The van der Waals surface area contributed by atoms with Crippen LogP contribution in [0, 0.1) is 17.3 Å². The van der Waals surface area contributed by atoms with Crippen molar-refractivity contribution in [3.05, 3.63) is 0 Å². The van der Waals surface area contributed by atoms with Gasteiger partial charge in [0.25, 0.3) is 0 Å². The lowest BCUT2D eigenvalue weighted by Crippen LogP contribution is -2.47. The lowest BCUT2D eigenvalue weighted by atomic mass is 9.70. The lowest BCUT2D eigenvalue weighted by Gasteiger charge is -2.43. The molecule has 0 unspecified atom stereocenters. The minimum atomic E-state index is 0.561. The van der Waals surface area contributed by atoms with Crippen LogP contribution < -0.4 is 5.32 Å². The second-order valence-electron chi connectivity index (χ2n) is 8.04. The Kier molecular flexibility index (Phi) is 7.01. The van der Waals surface area contributed by atoms with E-state index in [1.54, 1.807) is 0 Å². The normalized spacial score (nSPS) is 30.0. The lowest BCUT2D eigenvalue weighted by molar-refractivity contribution is 0.0837. The summed E-state index contributed by atoms with van der Waals surface area (Å²) < 4.78 is 0. The molecule has 0 amide bonds. The molecule has 0 bridgehead atoms. The van der Waals surface area contributed by atoms with Crippen molar-refractivity contribution in [1.29, 1.82) is 0 Å². The highest BCUT2D eigenvalue weighted by atomic mass is 15.1. The molecule has 124 valence electrons. The van der Waals surface area contributed by atoms with Crippen LogP contribution in [0.15, 0.2) is 0 Å². The fraction of sp³-hybridized carbons (Fsp3) is 1.00. The summed E-state index contributed by atoms with van der Waals surface area (Å²) >= 11 is 0. The Labute approximate surface area is 133 Å². The van der Waals surface area contributed by atoms with Crippen molar-refractivity contribution in [2.45, 2.75) is 72.1 Å². The van der Waals surface area contributed by atoms with Gasteiger partial charge in [0.2, 0.25) is 0 Å². The average Bonchev–Trinajstić information content (AvgIpc) is 3.27. The van der Waals surface area contributed by atoms with Gasteiger partial charge in [0.05, 0.1) is 0 Å². The summed E-state index contributed by atoms with van der Waals surface area (Å²) in [4.78, 5) is 2.81. The summed E-state index contributed by atoms with van der Waals surface area (Å²) in [5.74, 6) is 1.98. The number of hydrogen-bond acceptors (Lipinski definition) is 2. The maximum Gasteiger partial charge on any atom is 0.00503 e. The highest BCUT2D eigenvalue weighted by Gasteiger charge is 2.36. The van der Waals surface area contributed by atoms with Gasteiger partial charge in [-0.15, -0.1) is 0 Å². The molecular weight excluding hydrogens is 256 g/mol. The first-order chi connectivity index (χ1) is 10.2. The van der Waals surface area contributed by atoms with Crippen LogP contribution in [0.2, 0.25) is 0 Å². The third-order valence-electron chi connectivity index (χ3n) is 5.57. The predicted molar refractivity (Wildman–Crippen MR) is 92.7 cm³/mol. The van der Waals surface area contributed by atoms with Crippen LogP contribution in [0.5, 0.6) is 0 Å². The Morgan fingerprint density at radius 3 is 2.33 bits per heavy atom. The minimum absolute atomic E-state index is 0.561. The summed E-state index contributed by atoms with van der Waals surface area (Å²) in [5.41, 5.74) is 0.561. The Morgan fingerprint density at radius 1 is 1.05 bits per heavy atom. The maximum atomic E-state index is 3.75. The number of nitrogens with one attached hydrogen (secondary N) is 1. The molecule has 0 saturated heterocycles. The van der Waals surface area contributed by atoms with Gasteiger partial charge in [-0.2, -0.15) is 0 Å². The van der Waals surface area contributed by atoms with Crippen molar-refractivity contribution in [3.63, 3.8) is 0 Å². The van der Waals surface area contributed by atoms with Crippen LogP contribution in [0.3, 0.4) is 0 Å². The van der Waals surface area contributed by atoms with E-state index in [4.69, 9.17) is 0 Å². The zero-order chi connectivity index (χ0) is 15.1. The summed E-state index contributed by atoms with van der Waals surface area (Å²) in [6.45, 7) is 13.5. The van der Waals surface area contributed by atoms with Crippen molar-refractivity contribution in [2.24, 2.45) is 17.3 Å².